The normalized spacial score (nSPS) is 14.8. The molecule has 0 bridgehead atoms. The standard InChI is InChI=1S/C24H21Cl2FN4S/c1-14-10-18(15-2-3-20(27)19(25)12-15)23-21(11-14)32-24(30-23)29-16-5-8-31(9-6-16)17-4-7-28-22(26)13-17/h2-4,7,10-13,16H,5-6,8-9H2,1H3,(H,29,30). The lowest BCUT2D eigenvalue weighted by Crippen LogP contribution is -2.39. The number of hydrogen-bond donors (Lipinski definition) is 1. The van der Waals surface area contributed by atoms with Crippen LogP contribution in [0.2, 0.25) is 10.2 Å². The van der Waals surface area contributed by atoms with E-state index in [9.17, 15) is 4.39 Å². The molecule has 0 unspecified atom stereocenters. The van der Waals surface area contributed by atoms with Crippen molar-refractivity contribution in [1.29, 1.82) is 0 Å². The molecular weight excluding hydrogens is 466 g/mol. The van der Waals surface area contributed by atoms with Crippen molar-refractivity contribution in [2.24, 2.45) is 0 Å². The third-order valence-corrected chi connectivity index (χ3v) is 7.20. The quantitative estimate of drug-likeness (QED) is 0.309. The summed E-state index contributed by atoms with van der Waals surface area (Å²) in [6.45, 7) is 3.95. The fourth-order valence-electron chi connectivity index (χ4n) is 4.16. The number of hydrogen-bond acceptors (Lipinski definition) is 5. The summed E-state index contributed by atoms with van der Waals surface area (Å²) in [6.07, 6.45) is 3.77. The van der Waals surface area contributed by atoms with Gasteiger partial charge in [-0.1, -0.05) is 40.6 Å². The molecule has 4 nitrogen and oxygen atoms in total. The van der Waals surface area contributed by atoms with Crippen molar-refractivity contribution < 1.29 is 4.39 Å². The zero-order chi connectivity index (χ0) is 22.2. The molecule has 32 heavy (non-hydrogen) atoms. The number of aromatic nitrogens is 2. The van der Waals surface area contributed by atoms with Crippen LogP contribution in [0.1, 0.15) is 18.4 Å². The summed E-state index contributed by atoms with van der Waals surface area (Å²) in [5.74, 6) is -0.416. The third-order valence-electron chi connectivity index (χ3n) is 5.77. The second-order valence-electron chi connectivity index (χ2n) is 8.05. The summed E-state index contributed by atoms with van der Waals surface area (Å²) in [7, 11) is 0. The first-order chi connectivity index (χ1) is 15.5. The van der Waals surface area contributed by atoms with E-state index in [1.165, 1.54) is 6.07 Å². The minimum absolute atomic E-state index is 0.118. The number of aryl methyl sites for hydroxylation is 1. The average Bonchev–Trinajstić information content (AvgIpc) is 3.17. The lowest BCUT2D eigenvalue weighted by molar-refractivity contribution is 0.526. The van der Waals surface area contributed by atoms with E-state index in [4.69, 9.17) is 28.2 Å². The van der Waals surface area contributed by atoms with Crippen molar-refractivity contribution in [1.82, 2.24) is 9.97 Å². The molecule has 1 aliphatic heterocycles. The van der Waals surface area contributed by atoms with E-state index < -0.39 is 5.82 Å². The van der Waals surface area contributed by atoms with Gasteiger partial charge in [-0.15, -0.1) is 0 Å². The number of pyridine rings is 1. The first kappa shape index (κ1) is 21.4. The van der Waals surface area contributed by atoms with Gasteiger partial charge in [0.2, 0.25) is 0 Å². The molecule has 0 amide bonds. The Morgan fingerprint density at radius 1 is 1.09 bits per heavy atom. The fraction of sp³-hybridized carbons (Fsp3) is 0.250. The molecule has 0 radical (unpaired) electrons. The second-order valence-corrected chi connectivity index (χ2v) is 9.87. The summed E-state index contributed by atoms with van der Waals surface area (Å²) >= 11 is 13.7. The number of rotatable bonds is 4. The zero-order valence-corrected chi connectivity index (χ0v) is 19.7. The minimum Gasteiger partial charge on any atom is -0.371 e. The number of anilines is 2. The van der Waals surface area contributed by atoms with Gasteiger partial charge in [0.15, 0.2) is 5.13 Å². The van der Waals surface area contributed by atoms with Gasteiger partial charge in [-0.3, -0.25) is 0 Å². The summed E-state index contributed by atoms with van der Waals surface area (Å²) in [4.78, 5) is 11.3. The first-order valence-electron chi connectivity index (χ1n) is 10.5. The average molecular weight is 487 g/mol. The number of benzene rings is 2. The van der Waals surface area contributed by atoms with Crippen LogP contribution in [0.3, 0.4) is 0 Å². The number of fused-ring (bicyclic) bond motifs is 1. The first-order valence-corrected chi connectivity index (χ1v) is 12.0. The molecule has 1 aliphatic rings. The van der Waals surface area contributed by atoms with Crippen molar-refractivity contribution in [3.05, 3.63) is 70.2 Å². The lowest BCUT2D eigenvalue weighted by atomic mass is 10.0. The van der Waals surface area contributed by atoms with E-state index in [1.54, 1.807) is 29.7 Å². The Morgan fingerprint density at radius 2 is 1.91 bits per heavy atom. The van der Waals surface area contributed by atoms with Gasteiger partial charge < -0.3 is 10.2 Å². The minimum atomic E-state index is -0.416. The zero-order valence-electron chi connectivity index (χ0n) is 17.4. The van der Waals surface area contributed by atoms with E-state index in [2.05, 4.69) is 34.3 Å². The van der Waals surface area contributed by atoms with Crippen LogP contribution in [0, 0.1) is 12.7 Å². The van der Waals surface area contributed by atoms with E-state index in [1.807, 2.05) is 12.1 Å². The Bertz CT molecular complexity index is 1280. The van der Waals surface area contributed by atoms with Crippen LogP contribution in [0.25, 0.3) is 21.3 Å². The second kappa shape index (κ2) is 8.85. The highest BCUT2D eigenvalue weighted by Gasteiger charge is 2.21. The largest absolute Gasteiger partial charge is 0.371 e. The summed E-state index contributed by atoms with van der Waals surface area (Å²) in [5, 5.41) is 5.17. The van der Waals surface area contributed by atoms with Crippen LogP contribution in [-0.4, -0.2) is 29.1 Å². The predicted octanol–water partition coefficient (Wildman–Crippen LogP) is 7.19. The highest BCUT2D eigenvalue weighted by atomic mass is 35.5. The van der Waals surface area contributed by atoms with Crippen molar-refractivity contribution in [2.75, 3.05) is 23.3 Å². The maximum Gasteiger partial charge on any atom is 0.184 e. The summed E-state index contributed by atoms with van der Waals surface area (Å²) in [6, 6.07) is 13.3. The number of nitrogens with one attached hydrogen (secondary N) is 1. The molecule has 0 aliphatic carbocycles. The lowest BCUT2D eigenvalue weighted by Gasteiger charge is -2.33. The van der Waals surface area contributed by atoms with Crippen LogP contribution in [0.15, 0.2) is 48.7 Å². The molecule has 5 rings (SSSR count). The van der Waals surface area contributed by atoms with Gasteiger partial charge in [0.05, 0.1) is 15.2 Å². The molecular formula is C24H21Cl2FN4S. The van der Waals surface area contributed by atoms with Gasteiger partial charge in [0, 0.05) is 36.6 Å². The van der Waals surface area contributed by atoms with E-state index >= 15 is 0 Å². The van der Waals surface area contributed by atoms with Crippen molar-refractivity contribution >= 4 is 55.6 Å². The van der Waals surface area contributed by atoms with Crippen molar-refractivity contribution in [3.8, 4) is 11.1 Å². The molecule has 164 valence electrons. The molecule has 0 spiro atoms. The molecule has 0 atom stereocenters. The summed E-state index contributed by atoms with van der Waals surface area (Å²) < 4.78 is 14.8. The van der Waals surface area contributed by atoms with E-state index in [0.717, 1.165) is 63.7 Å². The van der Waals surface area contributed by atoms with Crippen LogP contribution >= 0.6 is 34.5 Å². The molecule has 0 saturated carbocycles. The number of thiazole rings is 1. The Kier molecular flexibility index (Phi) is 5.93. The van der Waals surface area contributed by atoms with Crippen LogP contribution < -0.4 is 10.2 Å². The van der Waals surface area contributed by atoms with Gasteiger partial charge in [0.25, 0.3) is 0 Å². The Labute approximate surface area is 200 Å². The number of piperidine rings is 1. The van der Waals surface area contributed by atoms with Crippen molar-refractivity contribution in [2.45, 2.75) is 25.8 Å². The molecule has 1 fully saturated rings. The number of nitrogens with zero attached hydrogens (tertiary/aromatic N) is 3. The van der Waals surface area contributed by atoms with E-state index in [-0.39, 0.29) is 5.02 Å². The topological polar surface area (TPSA) is 41.1 Å². The van der Waals surface area contributed by atoms with Crippen LogP contribution in [-0.2, 0) is 0 Å². The fourth-order valence-corrected chi connectivity index (χ4v) is 5.57. The maximum atomic E-state index is 13.7. The summed E-state index contributed by atoms with van der Waals surface area (Å²) in [5.41, 5.74) is 4.99. The molecule has 1 saturated heterocycles. The third kappa shape index (κ3) is 4.40. The van der Waals surface area contributed by atoms with Gasteiger partial charge in [-0.05, 0) is 67.3 Å². The Balaban J connectivity index is 1.35. The van der Waals surface area contributed by atoms with Gasteiger partial charge in [-0.25, -0.2) is 14.4 Å². The molecule has 2 aromatic carbocycles. The van der Waals surface area contributed by atoms with E-state index in [0.29, 0.717) is 11.2 Å². The molecule has 1 N–H and O–H groups in total. The molecule has 4 aromatic rings. The molecule has 2 aromatic heterocycles. The van der Waals surface area contributed by atoms with Gasteiger partial charge in [-0.2, -0.15) is 0 Å². The van der Waals surface area contributed by atoms with Gasteiger partial charge >= 0.3 is 0 Å². The van der Waals surface area contributed by atoms with Crippen LogP contribution in [0.5, 0.6) is 0 Å². The SMILES string of the molecule is Cc1cc(-c2ccc(F)c(Cl)c2)c2nc(NC3CCN(c4ccnc(Cl)c4)CC3)sc2c1. The number of halogens is 3. The predicted molar refractivity (Wildman–Crippen MR) is 133 cm³/mol. The highest BCUT2D eigenvalue weighted by Crippen LogP contribution is 2.37. The van der Waals surface area contributed by atoms with Gasteiger partial charge in [0.1, 0.15) is 11.0 Å². The Morgan fingerprint density at radius 3 is 2.66 bits per heavy atom. The highest BCUT2D eigenvalue weighted by molar-refractivity contribution is 7.22. The maximum absolute atomic E-state index is 13.7. The monoisotopic (exact) mass is 486 g/mol. The van der Waals surface area contributed by atoms with Crippen molar-refractivity contribution in [3.63, 3.8) is 0 Å². The molecule has 3 heterocycles. The Hall–Kier alpha value is -2.41. The molecule has 8 heteroatoms. The van der Waals surface area contributed by atoms with Crippen LogP contribution in [0.4, 0.5) is 15.2 Å². The smallest absolute Gasteiger partial charge is 0.184 e.